The summed E-state index contributed by atoms with van der Waals surface area (Å²) >= 11 is 0. The van der Waals surface area contributed by atoms with E-state index in [1.54, 1.807) is 43.1 Å². The highest BCUT2D eigenvalue weighted by atomic mass is 19.4. The number of fused-ring (bicyclic) bond motifs is 1. The van der Waals surface area contributed by atoms with Crippen LogP contribution >= 0.6 is 0 Å². The van der Waals surface area contributed by atoms with Crippen molar-refractivity contribution in [3.8, 4) is 22.9 Å². The molecule has 0 bridgehead atoms. The Hall–Kier alpha value is -3.42. The molecule has 0 aliphatic carbocycles. The predicted molar refractivity (Wildman–Crippen MR) is 87.7 cm³/mol. The molecule has 1 aromatic carbocycles. The van der Waals surface area contributed by atoms with E-state index in [9.17, 15) is 13.2 Å². The van der Waals surface area contributed by atoms with Crippen LogP contribution in [0.15, 0.2) is 67.4 Å². The molecule has 3 aromatic heterocycles. The Morgan fingerprint density at radius 3 is 2.50 bits per heavy atom. The molecule has 26 heavy (non-hydrogen) atoms. The molecule has 5 nitrogen and oxygen atoms in total. The summed E-state index contributed by atoms with van der Waals surface area (Å²) in [6.07, 6.45) is 3.85. The minimum atomic E-state index is -4.39. The lowest BCUT2D eigenvalue weighted by atomic mass is 10.2. The topological polar surface area (TPSA) is 52.3 Å². The van der Waals surface area contributed by atoms with Crippen LogP contribution in [0.25, 0.3) is 16.9 Å². The molecule has 3 heterocycles. The highest BCUT2D eigenvalue weighted by molar-refractivity contribution is 5.67. The maximum absolute atomic E-state index is 12.7. The molecule has 8 heteroatoms. The van der Waals surface area contributed by atoms with Gasteiger partial charge in [0.05, 0.1) is 29.2 Å². The van der Waals surface area contributed by atoms with Gasteiger partial charge in [0.25, 0.3) is 0 Å². The Kier molecular flexibility index (Phi) is 3.80. The zero-order chi connectivity index (χ0) is 18.1. The summed E-state index contributed by atoms with van der Waals surface area (Å²) < 4.78 is 45.6. The summed E-state index contributed by atoms with van der Waals surface area (Å²) in [5.41, 5.74) is 1.27. The van der Waals surface area contributed by atoms with Crippen molar-refractivity contribution in [2.45, 2.75) is 6.18 Å². The molecule has 0 aliphatic rings. The van der Waals surface area contributed by atoms with Crippen LogP contribution in [-0.4, -0.2) is 19.4 Å². The SMILES string of the molecule is FC(F)(F)c1ccc(Oc2ncccc2-c2cncc3nccn23)cc1. The van der Waals surface area contributed by atoms with Crippen molar-refractivity contribution in [2.24, 2.45) is 0 Å². The number of aromatic nitrogens is 4. The fourth-order valence-corrected chi connectivity index (χ4v) is 2.54. The summed E-state index contributed by atoms with van der Waals surface area (Å²) in [6, 6.07) is 7.99. The molecular weight excluding hydrogens is 345 g/mol. The molecular formula is C18H11F3N4O. The largest absolute Gasteiger partial charge is 0.438 e. The lowest BCUT2D eigenvalue weighted by Gasteiger charge is -2.12. The van der Waals surface area contributed by atoms with Crippen molar-refractivity contribution in [1.82, 2.24) is 19.4 Å². The fraction of sp³-hybridized carbons (Fsp3) is 0.0556. The second-order valence-corrected chi connectivity index (χ2v) is 5.43. The van der Waals surface area contributed by atoms with Crippen LogP contribution in [-0.2, 0) is 6.18 Å². The van der Waals surface area contributed by atoms with Crippen molar-refractivity contribution < 1.29 is 17.9 Å². The Morgan fingerprint density at radius 2 is 1.73 bits per heavy atom. The van der Waals surface area contributed by atoms with Crippen molar-refractivity contribution >= 4 is 5.65 Å². The number of nitrogens with zero attached hydrogens (tertiary/aromatic N) is 4. The number of ether oxygens (including phenoxy) is 1. The predicted octanol–water partition coefficient (Wildman–Crippen LogP) is 4.60. The van der Waals surface area contributed by atoms with Crippen LogP contribution in [0.5, 0.6) is 11.6 Å². The van der Waals surface area contributed by atoms with Gasteiger partial charge in [-0.2, -0.15) is 13.2 Å². The summed E-state index contributed by atoms with van der Waals surface area (Å²) in [5.74, 6) is 0.513. The Balaban J connectivity index is 1.72. The molecule has 0 atom stereocenters. The van der Waals surface area contributed by atoms with Crippen LogP contribution in [0.1, 0.15) is 5.56 Å². The van der Waals surface area contributed by atoms with Crippen molar-refractivity contribution in [3.63, 3.8) is 0 Å². The lowest BCUT2D eigenvalue weighted by molar-refractivity contribution is -0.137. The van der Waals surface area contributed by atoms with Gasteiger partial charge in [-0.15, -0.1) is 0 Å². The molecule has 0 unspecified atom stereocenters. The van der Waals surface area contributed by atoms with E-state index in [0.717, 1.165) is 12.1 Å². The van der Waals surface area contributed by atoms with E-state index in [1.807, 2.05) is 4.40 Å². The molecule has 4 rings (SSSR count). The molecule has 0 amide bonds. The van der Waals surface area contributed by atoms with Crippen LogP contribution < -0.4 is 4.74 Å². The van der Waals surface area contributed by atoms with E-state index >= 15 is 0 Å². The molecule has 0 fully saturated rings. The first kappa shape index (κ1) is 16.1. The number of hydrogen-bond acceptors (Lipinski definition) is 4. The first-order chi connectivity index (χ1) is 12.5. The third-order valence-corrected chi connectivity index (χ3v) is 3.76. The maximum Gasteiger partial charge on any atom is 0.416 e. The number of rotatable bonds is 3. The molecule has 4 aromatic rings. The summed E-state index contributed by atoms with van der Waals surface area (Å²) in [4.78, 5) is 12.5. The normalized spacial score (nSPS) is 11.7. The van der Waals surface area contributed by atoms with Gasteiger partial charge in [0.15, 0.2) is 5.65 Å². The summed E-state index contributed by atoms with van der Waals surface area (Å²) in [7, 11) is 0. The second kappa shape index (κ2) is 6.14. The number of halogens is 3. The number of alkyl halides is 3. The van der Waals surface area contributed by atoms with Gasteiger partial charge in [-0.1, -0.05) is 0 Å². The molecule has 0 saturated carbocycles. The average molecular weight is 356 g/mol. The molecule has 130 valence electrons. The van der Waals surface area contributed by atoms with E-state index in [4.69, 9.17) is 4.74 Å². The molecule has 0 aliphatic heterocycles. The van der Waals surface area contributed by atoms with Gasteiger partial charge in [0.2, 0.25) is 5.88 Å². The smallest absolute Gasteiger partial charge is 0.416 e. The average Bonchev–Trinajstić information content (AvgIpc) is 3.11. The summed E-state index contributed by atoms with van der Waals surface area (Å²) in [5, 5.41) is 0. The Labute approximate surface area is 145 Å². The maximum atomic E-state index is 12.7. The van der Waals surface area contributed by atoms with Crippen LogP contribution in [0.2, 0.25) is 0 Å². The van der Waals surface area contributed by atoms with E-state index in [-0.39, 0.29) is 11.6 Å². The van der Waals surface area contributed by atoms with Crippen molar-refractivity contribution in [3.05, 3.63) is 72.9 Å². The van der Waals surface area contributed by atoms with E-state index in [1.165, 1.54) is 12.1 Å². The van der Waals surface area contributed by atoms with Gasteiger partial charge in [0, 0.05) is 18.6 Å². The van der Waals surface area contributed by atoms with Gasteiger partial charge in [-0.05, 0) is 36.4 Å². The monoisotopic (exact) mass is 356 g/mol. The van der Waals surface area contributed by atoms with Crippen LogP contribution in [0.3, 0.4) is 0 Å². The zero-order valence-corrected chi connectivity index (χ0v) is 13.2. The lowest BCUT2D eigenvalue weighted by Crippen LogP contribution is -2.04. The standard InChI is InChI=1S/C18H11F3N4O/c19-18(20,21)12-3-5-13(6-4-12)26-17-14(2-1-7-24-17)15-10-22-11-16-23-8-9-25(15)16/h1-11H. The van der Waals surface area contributed by atoms with Gasteiger partial charge in [-0.25, -0.2) is 9.97 Å². The van der Waals surface area contributed by atoms with Gasteiger partial charge in [-0.3, -0.25) is 9.38 Å². The van der Waals surface area contributed by atoms with Gasteiger partial charge in [0.1, 0.15) is 5.75 Å². The highest BCUT2D eigenvalue weighted by Gasteiger charge is 2.30. The number of imidazole rings is 1. The van der Waals surface area contributed by atoms with Gasteiger partial charge < -0.3 is 4.74 Å². The first-order valence-electron chi connectivity index (χ1n) is 7.60. The minimum absolute atomic E-state index is 0.253. The number of benzene rings is 1. The zero-order valence-electron chi connectivity index (χ0n) is 13.2. The third-order valence-electron chi connectivity index (χ3n) is 3.76. The Morgan fingerprint density at radius 1 is 0.923 bits per heavy atom. The highest BCUT2D eigenvalue weighted by Crippen LogP contribution is 2.33. The summed E-state index contributed by atoms with van der Waals surface area (Å²) in [6.45, 7) is 0. The molecule has 0 N–H and O–H groups in total. The van der Waals surface area contributed by atoms with Crippen molar-refractivity contribution in [2.75, 3.05) is 0 Å². The molecule has 0 spiro atoms. The van der Waals surface area contributed by atoms with Crippen LogP contribution in [0.4, 0.5) is 13.2 Å². The van der Waals surface area contributed by atoms with E-state index in [0.29, 0.717) is 16.9 Å². The van der Waals surface area contributed by atoms with E-state index in [2.05, 4.69) is 15.0 Å². The van der Waals surface area contributed by atoms with Crippen molar-refractivity contribution in [1.29, 1.82) is 0 Å². The molecule has 0 radical (unpaired) electrons. The second-order valence-electron chi connectivity index (χ2n) is 5.43. The molecule has 0 saturated heterocycles. The van der Waals surface area contributed by atoms with Gasteiger partial charge >= 0.3 is 6.18 Å². The quantitative estimate of drug-likeness (QED) is 0.538. The number of pyridine rings is 1. The minimum Gasteiger partial charge on any atom is -0.438 e. The first-order valence-corrected chi connectivity index (χ1v) is 7.60. The van der Waals surface area contributed by atoms with Crippen LogP contribution in [0, 0.1) is 0 Å². The Bertz CT molecular complexity index is 1060. The van der Waals surface area contributed by atoms with E-state index < -0.39 is 11.7 Å². The number of hydrogen-bond donors (Lipinski definition) is 0. The fourth-order valence-electron chi connectivity index (χ4n) is 2.54. The third kappa shape index (κ3) is 2.97.